The molecule has 8 nitrogen and oxygen atoms in total. The molecule has 1 heterocycles. The summed E-state index contributed by atoms with van der Waals surface area (Å²) in [6.07, 6.45) is 0. The number of nitrogens with one attached hydrogen (secondary N) is 2. The molecule has 0 saturated heterocycles. The van der Waals surface area contributed by atoms with E-state index in [1.807, 2.05) is 0 Å². The molecule has 0 fully saturated rings. The zero-order chi connectivity index (χ0) is 22.4. The van der Waals surface area contributed by atoms with Gasteiger partial charge < -0.3 is 19.5 Å². The smallest absolute Gasteiger partial charge is 0.387 e. The van der Waals surface area contributed by atoms with E-state index < -0.39 is 24.6 Å². The van der Waals surface area contributed by atoms with Crippen LogP contribution in [0.15, 0.2) is 42.5 Å². The monoisotopic (exact) mass is 435 g/mol. The van der Waals surface area contributed by atoms with E-state index >= 15 is 0 Å². The zero-order valence-electron chi connectivity index (χ0n) is 17.1. The maximum atomic E-state index is 12.4. The van der Waals surface area contributed by atoms with Crippen LogP contribution in [0.3, 0.4) is 0 Å². The van der Waals surface area contributed by atoms with E-state index in [-0.39, 0.29) is 5.75 Å². The number of ether oxygens (including phenoxy) is 3. The molecule has 31 heavy (non-hydrogen) atoms. The number of amides is 3. The van der Waals surface area contributed by atoms with E-state index in [4.69, 9.17) is 9.47 Å². The number of hydrogen-bond donors (Lipinski definition) is 2. The van der Waals surface area contributed by atoms with Gasteiger partial charge in [-0.2, -0.15) is 8.78 Å². The summed E-state index contributed by atoms with van der Waals surface area (Å²) in [4.78, 5) is 26.3. The molecule has 1 atom stereocenters. The molecule has 10 heteroatoms. The lowest BCUT2D eigenvalue weighted by molar-refractivity contribution is -0.124. The van der Waals surface area contributed by atoms with Gasteiger partial charge >= 0.3 is 12.6 Å². The summed E-state index contributed by atoms with van der Waals surface area (Å²) in [6, 6.07) is 9.80. The van der Waals surface area contributed by atoms with E-state index in [9.17, 15) is 18.4 Å². The van der Waals surface area contributed by atoms with E-state index in [0.29, 0.717) is 42.5 Å². The summed E-state index contributed by atoms with van der Waals surface area (Å²) < 4.78 is 40.0. The Balaban J connectivity index is 1.53. The average Bonchev–Trinajstić information content (AvgIpc) is 2.72. The summed E-state index contributed by atoms with van der Waals surface area (Å²) >= 11 is 0. The third-order valence-corrected chi connectivity index (χ3v) is 4.63. The van der Waals surface area contributed by atoms with Gasteiger partial charge in [-0.3, -0.25) is 15.0 Å². The number of benzene rings is 2. The van der Waals surface area contributed by atoms with Crippen molar-refractivity contribution in [1.29, 1.82) is 0 Å². The second-order valence-electron chi connectivity index (χ2n) is 6.92. The molecule has 1 aliphatic rings. The minimum atomic E-state index is -2.91. The molecule has 0 saturated carbocycles. The molecule has 2 N–H and O–H groups in total. The van der Waals surface area contributed by atoms with Crippen LogP contribution in [0.1, 0.15) is 12.5 Å². The number of halogens is 2. The summed E-state index contributed by atoms with van der Waals surface area (Å²) in [5.41, 5.74) is 1.13. The van der Waals surface area contributed by atoms with Gasteiger partial charge in [0, 0.05) is 18.3 Å². The van der Waals surface area contributed by atoms with E-state index in [1.54, 1.807) is 49.2 Å². The third kappa shape index (κ3) is 6.29. The lowest BCUT2D eigenvalue weighted by Gasteiger charge is -2.24. The second-order valence-corrected chi connectivity index (χ2v) is 6.92. The minimum Gasteiger partial charge on any atom is -0.486 e. The predicted molar refractivity (Wildman–Crippen MR) is 109 cm³/mol. The minimum absolute atomic E-state index is 0.0387. The molecular formula is C21H23F2N3O5. The van der Waals surface area contributed by atoms with Crippen LogP contribution < -0.4 is 24.8 Å². The highest BCUT2D eigenvalue weighted by Gasteiger charge is 2.21. The Labute approximate surface area is 178 Å². The van der Waals surface area contributed by atoms with Crippen molar-refractivity contribution in [1.82, 2.24) is 10.2 Å². The highest BCUT2D eigenvalue weighted by molar-refractivity contribution is 6.02. The fourth-order valence-electron chi connectivity index (χ4n) is 2.94. The molecular weight excluding hydrogens is 412 g/mol. The van der Waals surface area contributed by atoms with Gasteiger partial charge in [-0.1, -0.05) is 12.1 Å². The van der Waals surface area contributed by atoms with Gasteiger partial charge in [-0.25, -0.2) is 4.79 Å². The molecule has 0 radical (unpaired) electrons. The fourth-order valence-corrected chi connectivity index (χ4v) is 2.94. The summed E-state index contributed by atoms with van der Waals surface area (Å²) in [7, 11) is 1.68. The highest BCUT2D eigenvalue weighted by Crippen LogP contribution is 2.32. The largest absolute Gasteiger partial charge is 0.486 e. The van der Waals surface area contributed by atoms with Crippen molar-refractivity contribution in [2.45, 2.75) is 26.1 Å². The first-order valence-electron chi connectivity index (χ1n) is 9.57. The Morgan fingerprint density at radius 2 is 1.87 bits per heavy atom. The van der Waals surface area contributed by atoms with Crippen LogP contribution in [0.25, 0.3) is 0 Å². The number of likely N-dealkylation sites (N-methyl/N-ethyl adjacent to an activating group) is 1. The van der Waals surface area contributed by atoms with Crippen LogP contribution >= 0.6 is 0 Å². The van der Waals surface area contributed by atoms with Gasteiger partial charge in [0.25, 0.3) is 0 Å². The standard InChI is InChI=1S/C21H23F2N3O5/c1-13(26(2)12-14-4-3-5-16(10-14)31-20(22)23)19(27)25-21(28)24-15-6-7-17-18(11-15)30-9-8-29-17/h3-7,10-11,13,20H,8-9,12H2,1-2H3,(H2,24,25,27,28). The lowest BCUT2D eigenvalue weighted by Crippen LogP contribution is -2.46. The zero-order valence-corrected chi connectivity index (χ0v) is 17.1. The number of rotatable bonds is 7. The molecule has 0 aromatic heterocycles. The van der Waals surface area contributed by atoms with Crippen molar-refractivity contribution in [2.75, 3.05) is 25.6 Å². The Morgan fingerprint density at radius 3 is 2.61 bits per heavy atom. The Bertz CT molecular complexity index is 941. The van der Waals surface area contributed by atoms with Gasteiger partial charge in [0.2, 0.25) is 5.91 Å². The number of anilines is 1. The fraction of sp³-hybridized carbons (Fsp3) is 0.333. The van der Waals surface area contributed by atoms with Crippen molar-refractivity contribution in [3.63, 3.8) is 0 Å². The van der Waals surface area contributed by atoms with E-state index in [2.05, 4.69) is 15.4 Å². The van der Waals surface area contributed by atoms with Gasteiger partial charge in [0.15, 0.2) is 11.5 Å². The van der Waals surface area contributed by atoms with Gasteiger partial charge in [-0.05, 0) is 43.8 Å². The Kier molecular flexibility index (Phi) is 7.24. The SMILES string of the molecule is CC(C(=O)NC(=O)Nc1ccc2c(c1)OCCO2)N(C)Cc1cccc(OC(F)F)c1. The van der Waals surface area contributed by atoms with Gasteiger partial charge in [0.1, 0.15) is 19.0 Å². The molecule has 1 unspecified atom stereocenters. The second kappa shape index (κ2) is 10.1. The molecule has 166 valence electrons. The highest BCUT2D eigenvalue weighted by atomic mass is 19.3. The molecule has 3 amide bonds. The van der Waals surface area contributed by atoms with Crippen molar-refractivity contribution < 1.29 is 32.6 Å². The predicted octanol–water partition coefficient (Wildman–Crippen LogP) is 3.23. The van der Waals surface area contributed by atoms with E-state index in [1.165, 1.54) is 12.1 Å². The maximum absolute atomic E-state index is 12.4. The number of urea groups is 1. The van der Waals surface area contributed by atoms with Crippen LogP contribution in [0.2, 0.25) is 0 Å². The summed E-state index contributed by atoms with van der Waals surface area (Å²) in [5.74, 6) is 0.627. The van der Waals surface area contributed by atoms with Crippen molar-refractivity contribution in [3.05, 3.63) is 48.0 Å². The topological polar surface area (TPSA) is 89.1 Å². The molecule has 0 spiro atoms. The lowest BCUT2D eigenvalue weighted by atomic mass is 10.1. The van der Waals surface area contributed by atoms with Crippen LogP contribution in [0.4, 0.5) is 19.3 Å². The first-order chi connectivity index (χ1) is 14.8. The van der Waals surface area contributed by atoms with Crippen LogP contribution in [0, 0.1) is 0 Å². The number of hydrogen-bond acceptors (Lipinski definition) is 6. The van der Waals surface area contributed by atoms with Crippen molar-refractivity contribution in [2.24, 2.45) is 0 Å². The number of imide groups is 1. The Morgan fingerprint density at radius 1 is 1.13 bits per heavy atom. The van der Waals surface area contributed by atoms with Crippen LogP contribution in [0.5, 0.6) is 17.2 Å². The third-order valence-electron chi connectivity index (χ3n) is 4.63. The molecule has 1 aliphatic heterocycles. The molecule has 0 aliphatic carbocycles. The number of carbonyl (C=O) groups excluding carboxylic acids is 2. The molecule has 2 aromatic carbocycles. The average molecular weight is 435 g/mol. The van der Waals surface area contributed by atoms with Crippen molar-refractivity contribution in [3.8, 4) is 17.2 Å². The molecule has 0 bridgehead atoms. The quantitative estimate of drug-likeness (QED) is 0.694. The number of carbonyl (C=O) groups is 2. The van der Waals surface area contributed by atoms with Crippen LogP contribution in [-0.2, 0) is 11.3 Å². The summed E-state index contributed by atoms with van der Waals surface area (Å²) in [6.45, 7) is -0.109. The van der Waals surface area contributed by atoms with E-state index in [0.717, 1.165) is 0 Å². The Hall–Kier alpha value is -3.40. The molecule has 3 rings (SSSR count). The summed E-state index contributed by atoms with van der Waals surface area (Å²) in [5, 5.41) is 4.87. The van der Waals surface area contributed by atoms with Gasteiger partial charge in [0.05, 0.1) is 6.04 Å². The van der Waals surface area contributed by atoms with Crippen LogP contribution in [-0.4, -0.2) is 49.8 Å². The first-order valence-corrected chi connectivity index (χ1v) is 9.57. The van der Waals surface area contributed by atoms with Gasteiger partial charge in [-0.15, -0.1) is 0 Å². The number of fused-ring (bicyclic) bond motifs is 1. The van der Waals surface area contributed by atoms with Crippen molar-refractivity contribution >= 4 is 17.6 Å². The maximum Gasteiger partial charge on any atom is 0.387 e. The molecule has 2 aromatic rings. The first kappa shape index (κ1) is 22.3. The number of alkyl halides is 2. The number of nitrogens with zero attached hydrogens (tertiary/aromatic N) is 1. The normalized spacial score (nSPS) is 13.6.